The van der Waals surface area contributed by atoms with Gasteiger partial charge in [0.15, 0.2) is 17.5 Å². The van der Waals surface area contributed by atoms with Crippen molar-refractivity contribution in [1.29, 1.82) is 0 Å². The molecule has 0 fully saturated rings. The molecular weight excluding hydrogens is 456 g/mol. The zero-order valence-electron chi connectivity index (χ0n) is 17.9. The number of nitrogens with one attached hydrogen (secondary N) is 1. The summed E-state index contributed by atoms with van der Waals surface area (Å²) in [6.07, 6.45) is -1.15. The van der Waals surface area contributed by atoms with Crippen LogP contribution in [0.1, 0.15) is 18.5 Å². The van der Waals surface area contributed by atoms with Gasteiger partial charge in [0.05, 0.1) is 23.5 Å². The van der Waals surface area contributed by atoms with Crippen molar-refractivity contribution in [3.05, 3.63) is 52.9 Å². The van der Waals surface area contributed by atoms with Gasteiger partial charge >= 0.3 is 0 Å². The minimum Gasteiger partial charge on any atom is -0.479 e. The van der Waals surface area contributed by atoms with Crippen LogP contribution in [-0.2, 0) is 19.5 Å². The summed E-state index contributed by atoms with van der Waals surface area (Å²) in [6.45, 7) is 1.66. The van der Waals surface area contributed by atoms with E-state index in [9.17, 15) is 13.5 Å². The van der Waals surface area contributed by atoms with Gasteiger partial charge in [-0.1, -0.05) is 18.2 Å². The number of fused-ring (bicyclic) bond motifs is 2. The van der Waals surface area contributed by atoms with Gasteiger partial charge in [-0.2, -0.15) is 0 Å². The van der Waals surface area contributed by atoms with Gasteiger partial charge in [0.25, 0.3) is 4.84 Å². The van der Waals surface area contributed by atoms with Gasteiger partial charge in [0.1, 0.15) is 11.9 Å². The largest absolute Gasteiger partial charge is 0.479 e. The highest BCUT2D eigenvalue weighted by Crippen LogP contribution is 2.48. The molecule has 2 heterocycles. The number of aliphatic hydroxyl groups excluding tert-OH is 1. The van der Waals surface area contributed by atoms with Crippen molar-refractivity contribution in [2.75, 3.05) is 25.2 Å². The van der Waals surface area contributed by atoms with E-state index in [1.807, 2.05) is 18.2 Å². The number of anilines is 1. The van der Waals surface area contributed by atoms with Crippen molar-refractivity contribution in [3.8, 4) is 5.75 Å². The molecule has 0 bridgehead atoms. The third-order valence-corrected chi connectivity index (χ3v) is 6.44. The number of oxazole rings is 1. The van der Waals surface area contributed by atoms with E-state index in [4.69, 9.17) is 30.8 Å². The van der Waals surface area contributed by atoms with E-state index in [0.29, 0.717) is 22.4 Å². The summed E-state index contributed by atoms with van der Waals surface area (Å²) in [7, 11) is -0.733. The lowest BCUT2D eigenvalue weighted by atomic mass is 9.83. The van der Waals surface area contributed by atoms with Gasteiger partial charge in [0.2, 0.25) is 10.0 Å². The molecule has 0 amide bonds. The number of aliphatic hydroxyl groups is 1. The number of rotatable bonds is 6. The highest BCUT2D eigenvalue weighted by molar-refractivity contribution is 7.92. The number of nitrogens with zero attached hydrogens (tertiary/aromatic N) is 1. The summed E-state index contributed by atoms with van der Waals surface area (Å²) in [4.78, 5) is 0.117. The fraction of sp³-hybridized carbons (Fsp3) is 0.381. The molecule has 2 aromatic carbocycles. The molecule has 1 aliphatic heterocycles. The fourth-order valence-electron chi connectivity index (χ4n) is 4.27. The first-order valence-corrected chi connectivity index (χ1v) is 12.0. The molecular formula is C21H24N2O7S2. The van der Waals surface area contributed by atoms with E-state index in [0.717, 1.165) is 6.26 Å². The summed E-state index contributed by atoms with van der Waals surface area (Å²) >= 11 is 5.51. The standard InChI is InChI=1S/C21H24N2O7S2/c1-21(19(27-2)28-3)18(24)17(23-13-9-5-6-10-14(13)29-20(23)31)16-12(22-32(4,25)26)8-7-11-15(16)30-21/h5-11,17-19,22,24H,1-4H3. The normalized spacial score (nSPS) is 23.2. The van der Waals surface area contributed by atoms with E-state index in [1.165, 1.54) is 14.2 Å². The van der Waals surface area contributed by atoms with Crippen molar-refractivity contribution in [2.24, 2.45) is 0 Å². The minimum absolute atomic E-state index is 0.117. The van der Waals surface area contributed by atoms with Crippen LogP contribution in [0.15, 0.2) is 46.9 Å². The SMILES string of the molecule is COC(OC)C1(C)Oc2cccc(NS(C)(=O)=O)c2C(n2c(=S)oc3ccccc32)C1O. The van der Waals surface area contributed by atoms with E-state index in [2.05, 4.69) is 4.72 Å². The number of ether oxygens (including phenoxy) is 3. The number of methoxy groups -OCH3 is 2. The van der Waals surface area contributed by atoms with Crippen LogP contribution in [0, 0.1) is 4.84 Å². The smallest absolute Gasteiger partial charge is 0.270 e. The van der Waals surface area contributed by atoms with Crippen molar-refractivity contribution >= 4 is 39.0 Å². The summed E-state index contributed by atoms with van der Waals surface area (Å²) in [5.74, 6) is 0.350. The Labute approximate surface area is 190 Å². The molecule has 1 aromatic heterocycles. The second-order valence-electron chi connectivity index (χ2n) is 7.78. The summed E-state index contributed by atoms with van der Waals surface area (Å²) in [5.41, 5.74) is 0.476. The average Bonchev–Trinajstić information content (AvgIpc) is 3.05. The quantitative estimate of drug-likeness (QED) is 0.409. The van der Waals surface area contributed by atoms with Gasteiger partial charge < -0.3 is 23.7 Å². The Hall–Kier alpha value is -2.44. The van der Waals surface area contributed by atoms with Crippen LogP contribution in [0.3, 0.4) is 0 Å². The Morgan fingerprint density at radius 1 is 1.19 bits per heavy atom. The summed E-state index contributed by atoms with van der Waals surface area (Å²) in [5, 5.41) is 11.7. The molecule has 32 heavy (non-hydrogen) atoms. The Kier molecular flexibility index (Phi) is 5.80. The second-order valence-corrected chi connectivity index (χ2v) is 9.87. The van der Waals surface area contributed by atoms with Gasteiger partial charge in [0, 0.05) is 19.8 Å². The lowest BCUT2D eigenvalue weighted by Crippen LogP contribution is -2.60. The summed E-state index contributed by atoms with van der Waals surface area (Å²) < 4.78 is 51.2. The maximum Gasteiger partial charge on any atom is 0.270 e. The Bertz CT molecular complexity index is 1310. The van der Waals surface area contributed by atoms with Gasteiger partial charge in [-0.25, -0.2) is 8.42 Å². The number of hydrogen-bond acceptors (Lipinski definition) is 8. The fourth-order valence-corrected chi connectivity index (χ4v) is 5.14. The van der Waals surface area contributed by atoms with Crippen molar-refractivity contribution < 1.29 is 32.2 Å². The molecule has 3 aromatic rings. The highest BCUT2D eigenvalue weighted by Gasteiger charge is 2.54. The van der Waals surface area contributed by atoms with E-state index in [1.54, 1.807) is 35.8 Å². The maximum absolute atomic E-state index is 12.1. The monoisotopic (exact) mass is 480 g/mol. The van der Waals surface area contributed by atoms with Crippen molar-refractivity contribution in [1.82, 2.24) is 4.57 Å². The molecule has 1 aliphatic rings. The highest BCUT2D eigenvalue weighted by atomic mass is 32.2. The Morgan fingerprint density at radius 3 is 2.53 bits per heavy atom. The van der Waals surface area contributed by atoms with Crippen LogP contribution >= 0.6 is 12.2 Å². The number of benzene rings is 2. The zero-order chi connectivity index (χ0) is 23.3. The van der Waals surface area contributed by atoms with E-state index >= 15 is 0 Å². The molecule has 0 spiro atoms. The number of hydrogen-bond donors (Lipinski definition) is 2. The predicted octanol–water partition coefficient (Wildman–Crippen LogP) is 3.06. The Morgan fingerprint density at radius 2 is 1.88 bits per heavy atom. The van der Waals surface area contributed by atoms with E-state index in [-0.39, 0.29) is 10.5 Å². The molecule has 0 saturated heterocycles. The zero-order valence-corrected chi connectivity index (χ0v) is 19.6. The van der Waals surface area contributed by atoms with Crippen LogP contribution in [0.4, 0.5) is 5.69 Å². The van der Waals surface area contributed by atoms with Crippen LogP contribution in [0.2, 0.25) is 0 Å². The number of para-hydroxylation sites is 2. The molecule has 2 N–H and O–H groups in total. The predicted molar refractivity (Wildman–Crippen MR) is 121 cm³/mol. The van der Waals surface area contributed by atoms with Crippen molar-refractivity contribution in [2.45, 2.75) is 31.0 Å². The maximum atomic E-state index is 12.1. The van der Waals surface area contributed by atoms with Crippen LogP contribution in [0.5, 0.6) is 5.75 Å². The lowest BCUT2D eigenvalue weighted by Gasteiger charge is -2.47. The topological polar surface area (TPSA) is 112 Å². The van der Waals surface area contributed by atoms with Gasteiger partial charge in [-0.3, -0.25) is 9.29 Å². The number of aromatic nitrogens is 1. The molecule has 3 atom stereocenters. The average molecular weight is 481 g/mol. The third-order valence-electron chi connectivity index (χ3n) is 5.57. The first-order chi connectivity index (χ1) is 15.1. The minimum atomic E-state index is -3.62. The first kappa shape index (κ1) is 22.7. The van der Waals surface area contributed by atoms with Crippen LogP contribution < -0.4 is 9.46 Å². The molecule has 4 rings (SSSR count). The van der Waals surface area contributed by atoms with E-state index < -0.39 is 34.1 Å². The molecule has 3 unspecified atom stereocenters. The van der Waals surface area contributed by atoms with Crippen LogP contribution in [0.25, 0.3) is 11.1 Å². The third kappa shape index (κ3) is 3.69. The Balaban J connectivity index is 2.04. The molecule has 11 heteroatoms. The molecule has 0 aliphatic carbocycles. The molecule has 0 radical (unpaired) electrons. The summed E-state index contributed by atoms with van der Waals surface area (Å²) in [6, 6.07) is 11.3. The first-order valence-electron chi connectivity index (χ1n) is 9.74. The second kappa shape index (κ2) is 8.16. The van der Waals surface area contributed by atoms with Crippen molar-refractivity contribution in [3.63, 3.8) is 0 Å². The molecule has 172 valence electrons. The molecule has 9 nitrogen and oxygen atoms in total. The lowest BCUT2D eigenvalue weighted by molar-refractivity contribution is -0.238. The van der Waals surface area contributed by atoms with Gasteiger partial charge in [-0.15, -0.1) is 0 Å². The molecule has 0 saturated carbocycles. The van der Waals surface area contributed by atoms with Crippen LogP contribution in [-0.4, -0.2) is 56.6 Å². The number of sulfonamides is 1. The van der Waals surface area contributed by atoms with Gasteiger partial charge in [-0.05, 0) is 43.4 Å².